The van der Waals surface area contributed by atoms with Crippen molar-refractivity contribution < 1.29 is 9.13 Å². The number of ether oxygens (including phenoxy) is 1. The van der Waals surface area contributed by atoms with Crippen LogP contribution in [0.4, 0.5) is 4.39 Å². The van der Waals surface area contributed by atoms with Crippen molar-refractivity contribution in [2.75, 3.05) is 6.61 Å². The van der Waals surface area contributed by atoms with E-state index in [1.54, 1.807) is 12.1 Å². The molecular formula is C31H30ClFO. The van der Waals surface area contributed by atoms with Crippen LogP contribution in [0, 0.1) is 5.82 Å². The minimum Gasteiger partial charge on any atom is -0.491 e. The molecule has 4 rings (SSSR count). The monoisotopic (exact) mass is 472 g/mol. The van der Waals surface area contributed by atoms with Gasteiger partial charge in [0.2, 0.25) is 0 Å². The number of benzene rings is 4. The molecule has 4 aromatic carbocycles. The first-order chi connectivity index (χ1) is 16.6. The number of hydrogen-bond acceptors (Lipinski definition) is 1. The molecule has 0 aliphatic rings. The molecule has 0 fully saturated rings. The smallest absolute Gasteiger partial charge is 0.184 e. The van der Waals surface area contributed by atoms with Crippen LogP contribution in [0.1, 0.15) is 38.7 Å². The quantitative estimate of drug-likeness (QED) is 0.220. The van der Waals surface area contributed by atoms with Crippen LogP contribution in [-0.4, -0.2) is 6.61 Å². The van der Waals surface area contributed by atoms with Gasteiger partial charge in [0.25, 0.3) is 0 Å². The van der Waals surface area contributed by atoms with Gasteiger partial charge in [-0.05, 0) is 65.3 Å². The predicted octanol–water partition coefficient (Wildman–Crippen LogP) is 9.61. The number of aryl methyl sites for hydroxylation is 1. The zero-order chi connectivity index (χ0) is 23.9. The molecule has 0 saturated carbocycles. The normalized spacial score (nSPS) is 10.9. The van der Waals surface area contributed by atoms with Crippen molar-refractivity contribution in [3.8, 4) is 39.1 Å². The average Bonchev–Trinajstić information content (AvgIpc) is 2.88. The van der Waals surface area contributed by atoms with Gasteiger partial charge in [0, 0.05) is 5.56 Å². The summed E-state index contributed by atoms with van der Waals surface area (Å²) in [5.74, 6) is -0.339. The summed E-state index contributed by atoms with van der Waals surface area (Å²) in [5.41, 5.74) is 7.60. The lowest BCUT2D eigenvalue weighted by molar-refractivity contribution is 0.322. The highest BCUT2D eigenvalue weighted by atomic mass is 35.5. The minimum atomic E-state index is -0.519. The Labute approximate surface area is 207 Å². The van der Waals surface area contributed by atoms with Gasteiger partial charge < -0.3 is 4.74 Å². The van der Waals surface area contributed by atoms with Crippen LogP contribution >= 0.6 is 11.6 Å². The Kier molecular flexibility index (Phi) is 8.03. The van der Waals surface area contributed by atoms with E-state index in [9.17, 15) is 4.39 Å². The lowest BCUT2D eigenvalue weighted by Crippen LogP contribution is -1.96. The Balaban J connectivity index is 1.48. The van der Waals surface area contributed by atoms with E-state index in [4.69, 9.17) is 16.3 Å². The topological polar surface area (TPSA) is 9.23 Å². The van der Waals surface area contributed by atoms with E-state index < -0.39 is 5.82 Å². The zero-order valence-corrected chi connectivity index (χ0v) is 20.5. The first-order valence-electron chi connectivity index (χ1n) is 12.0. The fourth-order valence-corrected chi connectivity index (χ4v) is 4.43. The van der Waals surface area contributed by atoms with Crippen LogP contribution in [0.2, 0.25) is 5.02 Å². The summed E-state index contributed by atoms with van der Waals surface area (Å²) in [6.45, 7) is 4.45. The Morgan fingerprint density at radius 3 is 1.65 bits per heavy atom. The summed E-state index contributed by atoms with van der Waals surface area (Å²) in [7, 11) is 0. The fraction of sp³-hybridized carbons (Fsp3) is 0.226. The second-order valence-corrected chi connectivity index (χ2v) is 8.86. The molecule has 0 heterocycles. The van der Waals surface area contributed by atoms with Crippen LogP contribution in [0.25, 0.3) is 33.4 Å². The SMILES string of the molecule is CCCCCc1ccc(-c2ccc(-c3ccc(-c4ccc(OCC)c(F)c4Cl)cc3)cc2)cc1. The lowest BCUT2D eigenvalue weighted by Gasteiger charge is -2.11. The molecule has 174 valence electrons. The van der Waals surface area contributed by atoms with E-state index >= 15 is 0 Å². The third-order valence-electron chi connectivity index (χ3n) is 6.12. The second kappa shape index (κ2) is 11.4. The molecule has 3 heteroatoms. The molecule has 34 heavy (non-hydrogen) atoms. The molecule has 0 N–H and O–H groups in total. The Bertz CT molecular complexity index is 1210. The molecule has 0 aromatic heterocycles. The Hall–Kier alpha value is -3.10. The summed E-state index contributed by atoms with van der Waals surface area (Å²) in [6.07, 6.45) is 4.94. The van der Waals surface area contributed by atoms with Crippen molar-refractivity contribution in [1.29, 1.82) is 0 Å². The van der Waals surface area contributed by atoms with E-state index in [1.165, 1.54) is 36.0 Å². The standard InChI is InChI=1S/C31H30ClFO/c1-3-5-6-7-22-8-10-23(11-9-22)24-12-14-25(15-13-24)26-16-18-27(19-17-26)28-20-21-29(34-4-2)31(33)30(28)32/h8-21H,3-7H2,1-2H3. The van der Waals surface area contributed by atoms with Crippen molar-refractivity contribution in [1.82, 2.24) is 0 Å². The number of rotatable bonds is 9. The Morgan fingerprint density at radius 1 is 0.647 bits per heavy atom. The molecular weight excluding hydrogens is 443 g/mol. The zero-order valence-electron chi connectivity index (χ0n) is 19.8. The first-order valence-corrected chi connectivity index (χ1v) is 12.4. The molecule has 4 aromatic rings. The van der Waals surface area contributed by atoms with Crippen LogP contribution in [-0.2, 0) is 6.42 Å². The molecule has 0 aliphatic heterocycles. The maximum atomic E-state index is 14.5. The van der Waals surface area contributed by atoms with Gasteiger partial charge >= 0.3 is 0 Å². The lowest BCUT2D eigenvalue weighted by atomic mass is 9.97. The largest absolute Gasteiger partial charge is 0.491 e. The molecule has 0 bridgehead atoms. The van der Waals surface area contributed by atoms with Gasteiger partial charge in [-0.15, -0.1) is 0 Å². The van der Waals surface area contributed by atoms with Gasteiger partial charge in [0.05, 0.1) is 11.6 Å². The maximum absolute atomic E-state index is 14.5. The van der Waals surface area contributed by atoms with Gasteiger partial charge in [-0.2, -0.15) is 0 Å². The molecule has 0 unspecified atom stereocenters. The highest BCUT2D eigenvalue weighted by Crippen LogP contribution is 2.36. The van der Waals surface area contributed by atoms with Crippen LogP contribution < -0.4 is 4.74 Å². The highest BCUT2D eigenvalue weighted by molar-refractivity contribution is 6.33. The van der Waals surface area contributed by atoms with E-state index in [1.807, 2.05) is 31.2 Å². The molecule has 1 nitrogen and oxygen atoms in total. The summed E-state index contributed by atoms with van der Waals surface area (Å²) in [4.78, 5) is 0. The van der Waals surface area contributed by atoms with Crippen LogP contribution in [0.5, 0.6) is 5.75 Å². The first kappa shape index (κ1) is 24.0. The summed E-state index contributed by atoms with van der Waals surface area (Å²) in [5, 5.41) is 0.0828. The Morgan fingerprint density at radius 2 is 1.15 bits per heavy atom. The van der Waals surface area contributed by atoms with Crippen molar-refractivity contribution in [2.45, 2.75) is 39.5 Å². The van der Waals surface area contributed by atoms with Crippen molar-refractivity contribution >= 4 is 11.6 Å². The summed E-state index contributed by atoms with van der Waals surface area (Å²) >= 11 is 6.29. The number of unbranched alkanes of at least 4 members (excludes halogenated alkanes) is 2. The molecule has 0 atom stereocenters. The third kappa shape index (κ3) is 5.51. The molecule has 0 radical (unpaired) electrons. The minimum absolute atomic E-state index is 0.0828. The van der Waals surface area contributed by atoms with Gasteiger partial charge in [0.15, 0.2) is 11.6 Å². The van der Waals surface area contributed by atoms with E-state index in [-0.39, 0.29) is 10.8 Å². The maximum Gasteiger partial charge on any atom is 0.184 e. The molecule has 0 amide bonds. The van der Waals surface area contributed by atoms with Crippen molar-refractivity contribution in [3.05, 3.63) is 101 Å². The molecule has 0 saturated heterocycles. The molecule has 0 aliphatic carbocycles. The van der Waals surface area contributed by atoms with Crippen LogP contribution in [0.15, 0.2) is 84.9 Å². The number of halogens is 2. The van der Waals surface area contributed by atoms with Gasteiger partial charge in [-0.25, -0.2) is 4.39 Å². The average molecular weight is 473 g/mol. The predicted molar refractivity (Wildman–Crippen MR) is 142 cm³/mol. The van der Waals surface area contributed by atoms with E-state index in [2.05, 4.69) is 55.5 Å². The van der Waals surface area contributed by atoms with Gasteiger partial charge in [-0.3, -0.25) is 0 Å². The highest BCUT2D eigenvalue weighted by Gasteiger charge is 2.14. The van der Waals surface area contributed by atoms with Gasteiger partial charge in [0.1, 0.15) is 0 Å². The van der Waals surface area contributed by atoms with Gasteiger partial charge in [-0.1, -0.05) is 104 Å². The number of hydrogen-bond donors (Lipinski definition) is 0. The van der Waals surface area contributed by atoms with E-state index in [0.717, 1.165) is 23.1 Å². The van der Waals surface area contributed by atoms with Crippen LogP contribution in [0.3, 0.4) is 0 Å². The summed E-state index contributed by atoms with van der Waals surface area (Å²) < 4.78 is 19.8. The fourth-order valence-electron chi connectivity index (χ4n) is 4.16. The molecule has 0 spiro atoms. The van der Waals surface area contributed by atoms with Crippen molar-refractivity contribution in [2.24, 2.45) is 0 Å². The summed E-state index contributed by atoms with van der Waals surface area (Å²) in [6, 6.07) is 29.0. The van der Waals surface area contributed by atoms with E-state index in [0.29, 0.717) is 12.2 Å². The second-order valence-electron chi connectivity index (χ2n) is 8.48. The third-order valence-corrected chi connectivity index (χ3v) is 6.49. The van der Waals surface area contributed by atoms with Crippen molar-refractivity contribution in [3.63, 3.8) is 0 Å².